The summed E-state index contributed by atoms with van der Waals surface area (Å²) in [5.41, 5.74) is 5.55. The van der Waals surface area contributed by atoms with Crippen molar-refractivity contribution in [1.82, 2.24) is 4.90 Å². The molecule has 0 heterocycles. The molecule has 12 heavy (non-hydrogen) atoms. The third kappa shape index (κ3) is 1.95. The molecule has 1 saturated carbocycles. The van der Waals surface area contributed by atoms with Crippen molar-refractivity contribution >= 4 is 5.91 Å². The zero-order valence-corrected chi connectivity index (χ0v) is 7.36. The molecule has 4 heteroatoms. The predicted molar refractivity (Wildman–Crippen MR) is 45.4 cm³/mol. The highest BCUT2D eigenvalue weighted by molar-refractivity contribution is 5.82. The van der Waals surface area contributed by atoms with Gasteiger partial charge in [-0.05, 0) is 13.3 Å². The fraction of sp³-hybridized carbons (Fsp3) is 0.875. The minimum atomic E-state index is 0.0245. The van der Waals surface area contributed by atoms with E-state index in [4.69, 9.17) is 10.8 Å². The Hall–Kier alpha value is -0.610. The summed E-state index contributed by atoms with van der Waals surface area (Å²) in [4.78, 5) is 13.1. The summed E-state index contributed by atoms with van der Waals surface area (Å²) in [5.74, 6) is 0.121. The largest absolute Gasteiger partial charge is 0.395 e. The molecule has 1 aliphatic carbocycles. The van der Waals surface area contributed by atoms with Gasteiger partial charge in [-0.25, -0.2) is 0 Å². The van der Waals surface area contributed by atoms with Crippen molar-refractivity contribution in [3.05, 3.63) is 0 Å². The van der Waals surface area contributed by atoms with E-state index in [2.05, 4.69) is 0 Å². The minimum absolute atomic E-state index is 0.0245. The van der Waals surface area contributed by atoms with Gasteiger partial charge in [-0.3, -0.25) is 4.79 Å². The van der Waals surface area contributed by atoms with E-state index in [1.54, 1.807) is 4.90 Å². The van der Waals surface area contributed by atoms with E-state index in [0.29, 0.717) is 13.1 Å². The molecule has 0 aliphatic heterocycles. The van der Waals surface area contributed by atoms with Gasteiger partial charge in [0.1, 0.15) is 0 Å². The van der Waals surface area contributed by atoms with Gasteiger partial charge in [0.25, 0.3) is 0 Å². The summed E-state index contributed by atoms with van der Waals surface area (Å²) in [5, 5.41) is 8.66. The maximum absolute atomic E-state index is 11.5. The fourth-order valence-corrected chi connectivity index (χ4v) is 1.28. The zero-order valence-electron chi connectivity index (χ0n) is 7.36. The summed E-state index contributed by atoms with van der Waals surface area (Å²) in [6, 6.07) is 0.0604. The van der Waals surface area contributed by atoms with Crippen LogP contribution in [0.2, 0.25) is 0 Å². The number of hydrogen-bond acceptors (Lipinski definition) is 3. The maximum Gasteiger partial charge on any atom is 0.227 e. The smallest absolute Gasteiger partial charge is 0.227 e. The second kappa shape index (κ2) is 3.87. The molecule has 2 unspecified atom stereocenters. The first-order chi connectivity index (χ1) is 5.70. The van der Waals surface area contributed by atoms with E-state index in [1.165, 1.54) is 0 Å². The molecule has 0 aromatic carbocycles. The van der Waals surface area contributed by atoms with E-state index in [1.807, 2.05) is 6.92 Å². The molecule has 0 aromatic heterocycles. The molecule has 1 fully saturated rings. The van der Waals surface area contributed by atoms with Crippen LogP contribution in [-0.4, -0.2) is 41.7 Å². The average Bonchev–Trinajstić information content (AvgIpc) is 2.77. The molecule has 0 radical (unpaired) electrons. The Bertz CT molecular complexity index is 172. The van der Waals surface area contributed by atoms with Gasteiger partial charge in [0.15, 0.2) is 0 Å². The van der Waals surface area contributed by atoms with Crippen LogP contribution in [0.5, 0.6) is 0 Å². The predicted octanol–water partition coefficient (Wildman–Crippen LogP) is -0.826. The summed E-state index contributed by atoms with van der Waals surface area (Å²) in [7, 11) is 0. The quantitative estimate of drug-likeness (QED) is 0.582. The lowest BCUT2D eigenvalue weighted by Crippen LogP contribution is -2.35. The highest BCUT2D eigenvalue weighted by Gasteiger charge is 2.41. The summed E-state index contributed by atoms with van der Waals surface area (Å²) < 4.78 is 0. The molecule has 0 bridgehead atoms. The van der Waals surface area contributed by atoms with Gasteiger partial charge < -0.3 is 15.7 Å². The molecule has 1 amide bonds. The number of aliphatic hydroxyl groups is 1. The highest BCUT2D eigenvalue weighted by atomic mass is 16.3. The van der Waals surface area contributed by atoms with Crippen LogP contribution < -0.4 is 5.73 Å². The molecule has 4 nitrogen and oxygen atoms in total. The van der Waals surface area contributed by atoms with Gasteiger partial charge in [-0.1, -0.05) is 0 Å². The van der Waals surface area contributed by atoms with Crippen LogP contribution in [0, 0.1) is 5.92 Å². The maximum atomic E-state index is 11.5. The normalized spacial score (nSPS) is 26.9. The van der Waals surface area contributed by atoms with Crippen LogP contribution in [0.3, 0.4) is 0 Å². The second-order valence-electron chi connectivity index (χ2n) is 3.15. The van der Waals surface area contributed by atoms with E-state index in [9.17, 15) is 4.79 Å². The zero-order chi connectivity index (χ0) is 9.14. The average molecular weight is 172 g/mol. The van der Waals surface area contributed by atoms with Crippen LogP contribution in [0.1, 0.15) is 13.3 Å². The van der Waals surface area contributed by atoms with Crippen molar-refractivity contribution in [3.8, 4) is 0 Å². The lowest BCUT2D eigenvalue weighted by atomic mass is 10.3. The number of amides is 1. The molecular weight excluding hydrogens is 156 g/mol. The molecule has 0 saturated heterocycles. The molecule has 1 rings (SSSR count). The van der Waals surface area contributed by atoms with Gasteiger partial charge >= 0.3 is 0 Å². The first-order valence-corrected chi connectivity index (χ1v) is 4.36. The Labute approximate surface area is 72.3 Å². The van der Waals surface area contributed by atoms with Crippen molar-refractivity contribution in [2.24, 2.45) is 11.7 Å². The van der Waals surface area contributed by atoms with Crippen molar-refractivity contribution in [2.75, 3.05) is 19.7 Å². The van der Waals surface area contributed by atoms with Crippen molar-refractivity contribution < 1.29 is 9.90 Å². The Balaban J connectivity index is 2.37. The van der Waals surface area contributed by atoms with E-state index in [0.717, 1.165) is 6.42 Å². The lowest BCUT2D eigenvalue weighted by molar-refractivity contribution is -0.132. The molecule has 1 aliphatic rings. The van der Waals surface area contributed by atoms with Crippen LogP contribution in [0.4, 0.5) is 0 Å². The van der Waals surface area contributed by atoms with E-state index in [-0.39, 0.29) is 24.5 Å². The van der Waals surface area contributed by atoms with Crippen LogP contribution in [0.15, 0.2) is 0 Å². The van der Waals surface area contributed by atoms with E-state index >= 15 is 0 Å². The number of nitrogens with two attached hydrogens (primary N) is 1. The van der Waals surface area contributed by atoms with Crippen molar-refractivity contribution in [3.63, 3.8) is 0 Å². The first-order valence-electron chi connectivity index (χ1n) is 4.36. The number of carbonyl (C=O) groups excluding carboxylic acids is 1. The summed E-state index contributed by atoms with van der Waals surface area (Å²) in [6.07, 6.45) is 0.806. The molecular formula is C8H16N2O2. The Morgan fingerprint density at radius 1 is 1.75 bits per heavy atom. The molecule has 2 atom stereocenters. The Morgan fingerprint density at radius 2 is 2.33 bits per heavy atom. The van der Waals surface area contributed by atoms with E-state index < -0.39 is 0 Å². The second-order valence-corrected chi connectivity index (χ2v) is 3.15. The molecule has 70 valence electrons. The molecule has 3 N–H and O–H groups in total. The summed E-state index contributed by atoms with van der Waals surface area (Å²) >= 11 is 0. The number of hydrogen-bond donors (Lipinski definition) is 2. The topological polar surface area (TPSA) is 66.6 Å². The number of carbonyl (C=O) groups is 1. The number of nitrogens with zero attached hydrogens (tertiary/aromatic N) is 1. The lowest BCUT2D eigenvalue weighted by Gasteiger charge is -2.19. The van der Waals surface area contributed by atoms with Crippen LogP contribution in [-0.2, 0) is 4.79 Å². The third-order valence-electron chi connectivity index (χ3n) is 2.22. The Kier molecular flexibility index (Phi) is 3.05. The molecule has 0 spiro atoms. The standard InChI is InChI=1S/C8H16N2O2/c1-2-10(3-4-11)8(12)6-5-7(6)9/h6-7,11H,2-5,9H2,1H3. The van der Waals surface area contributed by atoms with Gasteiger partial charge in [-0.15, -0.1) is 0 Å². The monoisotopic (exact) mass is 172 g/mol. The van der Waals surface area contributed by atoms with Crippen LogP contribution >= 0.6 is 0 Å². The van der Waals surface area contributed by atoms with Crippen molar-refractivity contribution in [1.29, 1.82) is 0 Å². The number of likely N-dealkylation sites (N-methyl/N-ethyl adjacent to an activating group) is 1. The van der Waals surface area contributed by atoms with Gasteiger partial charge in [0, 0.05) is 19.1 Å². The SMILES string of the molecule is CCN(CCO)C(=O)C1CC1N. The van der Waals surface area contributed by atoms with Gasteiger partial charge in [-0.2, -0.15) is 0 Å². The number of aliphatic hydroxyl groups excluding tert-OH is 1. The first kappa shape index (κ1) is 9.48. The number of rotatable bonds is 4. The summed E-state index contributed by atoms with van der Waals surface area (Å²) in [6.45, 7) is 3.02. The van der Waals surface area contributed by atoms with Crippen molar-refractivity contribution in [2.45, 2.75) is 19.4 Å². The Morgan fingerprint density at radius 3 is 2.67 bits per heavy atom. The fourth-order valence-electron chi connectivity index (χ4n) is 1.28. The highest BCUT2D eigenvalue weighted by Crippen LogP contribution is 2.29. The third-order valence-corrected chi connectivity index (χ3v) is 2.22. The van der Waals surface area contributed by atoms with Gasteiger partial charge in [0.2, 0.25) is 5.91 Å². The van der Waals surface area contributed by atoms with Gasteiger partial charge in [0.05, 0.1) is 12.5 Å². The van der Waals surface area contributed by atoms with Crippen LogP contribution in [0.25, 0.3) is 0 Å². The minimum Gasteiger partial charge on any atom is -0.395 e. The molecule has 0 aromatic rings.